The molecule has 3 aromatic rings. The van der Waals surface area contributed by atoms with Gasteiger partial charge in [-0.1, -0.05) is 12.1 Å². The quantitative estimate of drug-likeness (QED) is 0.581. The molecule has 0 amide bonds. The summed E-state index contributed by atoms with van der Waals surface area (Å²) in [4.78, 5) is 24.2. The molecule has 1 aromatic heterocycles. The van der Waals surface area contributed by atoms with Crippen molar-refractivity contribution in [3.63, 3.8) is 0 Å². The molecule has 0 aliphatic rings. The lowest BCUT2D eigenvalue weighted by Gasteiger charge is -2.11. The fourth-order valence-corrected chi connectivity index (χ4v) is 2.73. The summed E-state index contributed by atoms with van der Waals surface area (Å²) in [5, 5.41) is 10.4. The summed E-state index contributed by atoms with van der Waals surface area (Å²) >= 11 is 0. The number of fused-ring (bicyclic) bond motifs is 1. The van der Waals surface area contributed by atoms with Crippen LogP contribution in [-0.4, -0.2) is 11.1 Å². The van der Waals surface area contributed by atoms with E-state index < -0.39 is 11.6 Å². The second kappa shape index (κ2) is 6.43. The average molecular weight is 338 g/mol. The zero-order chi connectivity index (χ0) is 18.1. The zero-order valence-electron chi connectivity index (χ0n) is 14.3. The molecule has 0 saturated carbocycles. The number of carbonyl (C=O) groups excluding carboxylic acids is 1. The average Bonchev–Trinajstić information content (AvgIpc) is 2.58. The first-order chi connectivity index (χ1) is 11.9. The van der Waals surface area contributed by atoms with E-state index in [1.807, 2.05) is 19.9 Å². The summed E-state index contributed by atoms with van der Waals surface area (Å²) in [5.41, 5.74) is 3.12. The van der Waals surface area contributed by atoms with Gasteiger partial charge >= 0.3 is 11.6 Å². The van der Waals surface area contributed by atoms with Crippen LogP contribution in [0.4, 0.5) is 0 Å². The van der Waals surface area contributed by atoms with Crippen molar-refractivity contribution >= 4 is 16.9 Å². The van der Waals surface area contributed by atoms with Gasteiger partial charge in [-0.2, -0.15) is 0 Å². The van der Waals surface area contributed by atoms with Gasteiger partial charge < -0.3 is 14.3 Å². The summed E-state index contributed by atoms with van der Waals surface area (Å²) in [7, 11) is 0. The van der Waals surface area contributed by atoms with Crippen LogP contribution in [0.15, 0.2) is 45.6 Å². The van der Waals surface area contributed by atoms with Crippen molar-refractivity contribution in [2.24, 2.45) is 0 Å². The van der Waals surface area contributed by atoms with E-state index in [0.717, 1.165) is 11.1 Å². The van der Waals surface area contributed by atoms with Crippen molar-refractivity contribution in [2.45, 2.75) is 27.4 Å². The van der Waals surface area contributed by atoms with Crippen molar-refractivity contribution < 1.29 is 19.1 Å². The van der Waals surface area contributed by atoms with E-state index in [2.05, 4.69) is 0 Å². The van der Waals surface area contributed by atoms with Gasteiger partial charge in [-0.05, 0) is 50.1 Å². The highest BCUT2D eigenvalue weighted by Gasteiger charge is 2.15. The van der Waals surface area contributed by atoms with Crippen molar-refractivity contribution in [1.29, 1.82) is 0 Å². The normalized spacial score (nSPS) is 10.8. The maximum absolute atomic E-state index is 12.4. The van der Waals surface area contributed by atoms with Crippen molar-refractivity contribution in [1.82, 2.24) is 0 Å². The number of carbonyl (C=O) groups is 1. The maximum Gasteiger partial charge on any atom is 0.338 e. The van der Waals surface area contributed by atoms with Crippen LogP contribution in [0.25, 0.3) is 11.0 Å². The van der Waals surface area contributed by atoms with Crippen LogP contribution in [0, 0.1) is 20.8 Å². The first-order valence-corrected chi connectivity index (χ1v) is 7.87. The molecule has 3 rings (SSSR count). The SMILES string of the molecule is Cc1cccc(C(=O)OCc2cc(=O)oc3c(C)c(O)ccc23)c1C. The highest BCUT2D eigenvalue weighted by Crippen LogP contribution is 2.27. The second-order valence-corrected chi connectivity index (χ2v) is 6.00. The Kier molecular flexibility index (Phi) is 4.31. The van der Waals surface area contributed by atoms with Gasteiger partial charge in [-0.3, -0.25) is 0 Å². The van der Waals surface area contributed by atoms with Gasteiger partial charge in [-0.25, -0.2) is 9.59 Å². The molecule has 0 radical (unpaired) electrons. The predicted octanol–water partition coefficient (Wildman–Crippen LogP) is 3.78. The van der Waals surface area contributed by atoms with E-state index >= 15 is 0 Å². The minimum Gasteiger partial charge on any atom is -0.508 e. The molecule has 2 aromatic carbocycles. The Bertz CT molecular complexity index is 1030. The molecule has 5 nitrogen and oxygen atoms in total. The van der Waals surface area contributed by atoms with Gasteiger partial charge in [0.15, 0.2) is 0 Å². The molecule has 0 fully saturated rings. The highest BCUT2D eigenvalue weighted by molar-refractivity contribution is 5.91. The summed E-state index contributed by atoms with van der Waals surface area (Å²) < 4.78 is 10.6. The van der Waals surface area contributed by atoms with Crippen LogP contribution in [-0.2, 0) is 11.3 Å². The van der Waals surface area contributed by atoms with E-state index in [9.17, 15) is 14.7 Å². The fraction of sp³-hybridized carbons (Fsp3) is 0.200. The van der Waals surface area contributed by atoms with Gasteiger partial charge in [0.25, 0.3) is 0 Å². The Morgan fingerprint density at radius 1 is 1.12 bits per heavy atom. The fourth-order valence-electron chi connectivity index (χ4n) is 2.73. The zero-order valence-corrected chi connectivity index (χ0v) is 14.3. The lowest BCUT2D eigenvalue weighted by molar-refractivity contribution is 0.0473. The molecule has 25 heavy (non-hydrogen) atoms. The molecule has 0 bridgehead atoms. The van der Waals surface area contributed by atoms with Gasteiger partial charge in [0.2, 0.25) is 0 Å². The molecule has 0 saturated heterocycles. The Balaban J connectivity index is 1.94. The minimum absolute atomic E-state index is 0.0418. The van der Waals surface area contributed by atoms with E-state index in [0.29, 0.717) is 27.7 Å². The number of hydrogen-bond acceptors (Lipinski definition) is 5. The monoisotopic (exact) mass is 338 g/mol. The molecular weight excluding hydrogens is 320 g/mol. The first kappa shape index (κ1) is 16.8. The summed E-state index contributed by atoms with van der Waals surface area (Å²) in [6.07, 6.45) is 0. The lowest BCUT2D eigenvalue weighted by Crippen LogP contribution is -2.10. The summed E-state index contributed by atoms with van der Waals surface area (Å²) in [6.45, 7) is 5.40. The van der Waals surface area contributed by atoms with E-state index in [1.165, 1.54) is 12.1 Å². The number of rotatable bonds is 3. The Morgan fingerprint density at radius 3 is 2.64 bits per heavy atom. The van der Waals surface area contributed by atoms with Crippen molar-refractivity contribution in [2.75, 3.05) is 0 Å². The van der Waals surface area contributed by atoms with Gasteiger partial charge in [0, 0.05) is 22.6 Å². The van der Waals surface area contributed by atoms with Gasteiger partial charge in [0.1, 0.15) is 17.9 Å². The lowest BCUT2D eigenvalue weighted by atomic mass is 10.0. The van der Waals surface area contributed by atoms with Crippen LogP contribution in [0.1, 0.15) is 32.6 Å². The molecule has 0 unspecified atom stereocenters. The molecule has 0 aliphatic heterocycles. The van der Waals surface area contributed by atoms with Gasteiger partial charge in [0.05, 0.1) is 5.56 Å². The highest BCUT2D eigenvalue weighted by atomic mass is 16.5. The number of phenols is 1. The van der Waals surface area contributed by atoms with Crippen LogP contribution in [0.5, 0.6) is 5.75 Å². The minimum atomic E-state index is -0.556. The van der Waals surface area contributed by atoms with E-state index in [1.54, 1.807) is 25.1 Å². The third kappa shape index (κ3) is 3.13. The Hall–Kier alpha value is -3.08. The summed E-state index contributed by atoms with van der Waals surface area (Å²) in [6, 6.07) is 9.91. The standard InChI is InChI=1S/C20H18O5/c1-11-5-4-6-15(12(11)2)20(23)24-10-14-9-18(22)25-19-13(3)17(21)8-7-16(14)19/h4-9,21H,10H2,1-3H3. The first-order valence-electron chi connectivity index (χ1n) is 7.87. The number of benzene rings is 2. The number of phenolic OH excluding ortho intramolecular Hbond substituents is 1. The number of aromatic hydroxyl groups is 1. The molecule has 0 atom stereocenters. The predicted molar refractivity (Wildman–Crippen MR) is 93.9 cm³/mol. The van der Waals surface area contributed by atoms with Crippen LogP contribution in [0.3, 0.4) is 0 Å². The van der Waals surface area contributed by atoms with Crippen molar-refractivity contribution in [3.05, 3.63) is 74.6 Å². The maximum atomic E-state index is 12.4. The molecule has 0 spiro atoms. The van der Waals surface area contributed by atoms with Crippen LogP contribution >= 0.6 is 0 Å². The smallest absolute Gasteiger partial charge is 0.338 e. The molecule has 128 valence electrons. The molecule has 1 heterocycles. The van der Waals surface area contributed by atoms with Crippen LogP contribution < -0.4 is 5.63 Å². The Labute approximate surface area is 144 Å². The molecule has 5 heteroatoms. The van der Waals surface area contributed by atoms with E-state index in [4.69, 9.17) is 9.15 Å². The third-order valence-corrected chi connectivity index (χ3v) is 4.40. The number of hydrogen-bond donors (Lipinski definition) is 1. The second-order valence-electron chi connectivity index (χ2n) is 6.00. The number of ether oxygens (including phenoxy) is 1. The Morgan fingerprint density at radius 2 is 1.88 bits per heavy atom. The van der Waals surface area contributed by atoms with E-state index in [-0.39, 0.29) is 12.4 Å². The van der Waals surface area contributed by atoms with Crippen LogP contribution in [0.2, 0.25) is 0 Å². The number of esters is 1. The topological polar surface area (TPSA) is 76.7 Å². The largest absolute Gasteiger partial charge is 0.508 e. The van der Waals surface area contributed by atoms with Gasteiger partial charge in [-0.15, -0.1) is 0 Å². The molecular formula is C20H18O5. The van der Waals surface area contributed by atoms with Crippen molar-refractivity contribution in [3.8, 4) is 5.75 Å². The molecule has 0 aliphatic carbocycles. The third-order valence-electron chi connectivity index (χ3n) is 4.40. The molecule has 1 N–H and O–H groups in total. The number of aryl methyl sites for hydroxylation is 2. The summed E-state index contributed by atoms with van der Waals surface area (Å²) in [5.74, 6) is -0.404.